The second-order valence-electron chi connectivity index (χ2n) is 6.77. The number of pyridine rings is 1. The highest BCUT2D eigenvalue weighted by Crippen LogP contribution is 2.24. The molecule has 160 valence electrons. The maximum absolute atomic E-state index is 14.4. The smallest absolute Gasteiger partial charge is 0.308 e. The lowest BCUT2D eigenvalue weighted by atomic mass is 10.0. The van der Waals surface area contributed by atoms with E-state index in [1.165, 1.54) is 24.3 Å². The molecule has 3 aromatic carbocycles. The summed E-state index contributed by atoms with van der Waals surface area (Å²) in [6.07, 6.45) is 1.60. The summed E-state index contributed by atoms with van der Waals surface area (Å²) in [6, 6.07) is 12.5. The van der Waals surface area contributed by atoms with Gasteiger partial charge in [0, 0.05) is 34.6 Å². The fourth-order valence-electron chi connectivity index (χ4n) is 3.07. The van der Waals surface area contributed by atoms with Gasteiger partial charge in [-0.2, -0.15) is 0 Å². The fourth-order valence-corrected chi connectivity index (χ4v) is 3.25. The average Bonchev–Trinajstić information content (AvgIpc) is 2.77. The van der Waals surface area contributed by atoms with Crippen LogP contribution in [0.4, 0.5) is 29.3 Å². The minimum Gasteiger partial charge on any atom is -0.308 e. The first-order valence-corrected chi connectivity index (χ1v) is 9.61. The van der Waals surface area contributed by atoms with E-state index in [1.54, 1.807) is 24.4 Å². The van der Waals surface area contributed by atoms with Crippen molar-refractivity contribution >= 4 is 45.7 Å². The quantitative estimate of drug-likeness (QED) is 0.361. The van der Waals surface area contributed by atoms with Gasteiger partial charge in [0.15, 0.2) is 17.4 Å². The van der Waals surface area contributed by atoms with Crippen molar-refractivity contribution in [1.29, 1.82) is 0 Å². The molecule has 32 heavy (non-hydrogen) atoms. The number of ketones is 1. The van der Waals surface area contributed by atoms with Gasteiger partial charge in [-0.1, -0.05) is 17.7 Å². The molecule has 0 aliphatic rings. The molecular formula is C23H13ClF3N3O2. The highest BCUT2D eigenvalue weighted by atomic mass is 35.5. The number of amides is 2. The van der Waals surface area contributed by atoms with Crippen LogP contribution in [0.2, 0.25) is 5.02 Å². The summed E-state index contributed by atoms with van der Waals surface area (Å²) in [5.74, 6) is -4.07. The van der Waals surface area contributed by atoms with E-state index in [-0.39, 0.29) is 22.0 Å². The van der Waals surface area contributed by atoms with Gasteiger partial charge in [0.25, 0.3) is 0 Å². The first-order chi connectivity index (χ1) is 15.3. The number of nitrogens with zero attached hydrogens (tertiary/aromatic N) is 1. The maximum Gasteiger partial charge on any atom is 0.323 e. The van der Waals surface area contributed by atoms with E-state index >= 15 is 0 Å². The number of carbonyl (C=O) groups excluding carboxylic acids is 2. The van der Waals surface area contributed by atoms with Crippen molar-refractivity contribution in [3.8, 4) is 0 Å². The largest absolute Gasteiger partial charge is 0.323 e. The maximum atomic E-state index is 14.4. The third kappa shape index (κ3) is 4.40. The molecule has 0 radical (unpaired) electrons. The number of hydrogen-bond donors (Lipinski definition) is 2. The molecule has 0 saturated carbocycles. The van der Waals surface area contributed by atoms with Gasteiger partial charge in [0.1, 0.15) is 5.82 Å². The van der Waals surface area contributed by atoms with Gasteiger partial charge >= 0.3 is 6.03 Å². The second kappa shape index (κ2) is 8.68. The van der Waals surface area contributed by atoms with E-state index in [2.05, 4.69) is 15.6 Å². The Kier molecular flexibility index (Phi) is 5.79. The molecule has 0 spiro atoms. The Balaban J connectivity index is 1.59. The first kappa shape index (κ1) is 21.3. The molecule has 0 aliphatic heterocycles. The molecule has 9 heteroatoms. The average molecular weight is 456 g/mol. The number of carbonyl (C=O) groups is 2. The SMILES string of the molecule is O=C(Nc1ccc(F)c(Cl)c1)Nc1cc(F)c(F)c(C(=O)c2ccc3ncccc3c2)c1. The van der Waals surface area contributed by atoms with E-state index in [0.717, 1.165) is 18.2 Å². The molecule has 0 aliphatic carbocycles. The van der Waals surface area contributed by atoms with Crippen molar-refractivity contribution in [3.63, 3.8) is 0 Å². The van der Waals surface area contributed by atoms with E-state index in [0.29, 0.717) is 10.9 Å². The lowest BCUT2D eigenvalue weighted by Crippen LogP contribution is -2.20. The number of benzene rings is 3. The minimum atomic E-state index is -1.34. The Morgan fingerprint density at radius 1 is 0.844 bits per heavy atom. The summed E-state index contributed by atoms with van der Waals surface area (Å²) in [4.78, 5) is 29.2. The first-order valence-electron chi connectivity index (χ1n) is 9.23. The van der Waals surface area contributed by atoms with Gasteiger partial charge < -0.3 is 10.6 Å². The number of fused-ring (bicyclic) bond motifs is 1. The summed E-state index contributed by atoms with van der Waals surface area (Å²) in [5.41, 5.74) is 0.251. The van der Waals surface area contributed by atoms with Crippen molar-refractivity contribution in [2.45, 2.75) is 0 Å². The van der Waals surface area contributed by atoms with Crippen LogP contribution in [0.5, 0.6) is 0 Å². The van der Waals surface area contributed by atoms with E-state index < -0.39 is 34.8 Å². The normalized spacial score (nSPS) is 10.8. The molecule has 0 fully saturated rings. The van der Waals surface area contributed by atoms with Crippen molar-refractivity contribution in [1.82, 2.24) is 4.98 Å². The molecule has 1 heterocycles. The molecule has 0 atom stereocenters. The van der Waals surface area contributed by atoms with Crippen LogP contribution >= 0.6 is 11.6 Å². The summed E-state index contributed by atoms with van der Waals surface area (Å²) in [5, 5.41) is 5.16. The van der Waals surface area contributed by atoms with E-state index in [4.69, 9.17) is 11.6 Å². The van der Waals surface area contributed by atoms with Gasteiger partial charge in [0.05, 0.1) is 16.1 Å². The zero-order valence-corrected chi connectivity index (χ0v) is 16.9. The number of nitrogens with one attached hydrogen (secondary N) is 2. The standard InChI is InChI=1S/C23H13ClF3N3O2/c24-17-10-14(4-5-18(17)25)29-23(32)30-15-9-16(21(27)19(26)11-15)22(31)13-3-6-20-12(8-13)2-1-7-28-20/h1-11H,(H2,29,30,32). The van der Waals surface area contributed by atoms with Crippen LogP contribution in [0, 0.1) is 17.5 Å². The van der Waals surface area contributed by atoms with Crippen LogP contribution in [-0.4, -0.2) is 16.8 Å². The predicted molar refractivity (Wildman–Crippen MR) is 116 cm³/mol. The van der Waals surface area contributed by atoms with Gasteiger partial charge in [-0.25, -0.2) is 18.0 Å². The second-order valence-corrected chi connectivity index (χ2v) is 7.17. The predicted octanol–water partition coefficient (Wildman–Crippen LogP) is 6.18. The van der Waals surface area contributed by atoms with Crippen LogP contribution in [-0.2, 0) is 0 Å². The van der Waals surface area contributed by atoms with Crippen molar-refractivity contribution < 1.29 is 22.8 Å². The van der Waals surface area contributed by atoms with Crippen molar-refractivity contribution in [2.75, 3.05) is 10.6 Å². The highest BCUT2D eigenvalue weighted by molar-refractivity contribution is 6.31. The molecule has 5 nitrogen and oxygen atoms in total. The number of urea groups is 1. The zero-order chi connectivity index (χ0) is 22.8. The van der Waals surface area contributed by atoms with Gasteiger partial charge in [-0.05, 0) is 48.5 Å². The van der Waals surface area contributed by atoms with Crippen LogP contribution in [0.25, 0.3) is 10.9 Å². The van der Waals surface area contributed by atoms with Crippen LogP contribution in [0.1, 0.15) is 15.9 Å². The summed E-state index contributed by atoms with van der Waals surface area (Å²) in [6.45, 7) is 0. The van der Waals surface area contributed by atoms with Crippen LogP contribution < -0.4 is 10.6 Å². The van der Waals surface area contributed by atoms with Crippen molar-refractivity contribution in [2.24, 2.45) is 0 Å². The molecule has 1 aromatic heterocycles. The fraction of sp³-hybridized carbons (Fsp3) is 0. The third-order valence-electron chi connectivity index (χ3n) is 4.57. The molecule has 2 amide bonds. The van der Waals surface area contributed by atoms with E-state index in [1.807, 2.05) is 0 Å². The lowest BCUT2D eigenvalue weighted by Gasteiger charge is -2.11. The van der Waals surface area contributed by atoms with Crippen molar-refractivity contribution in [3.05, 3.63) is 100 Å². The van der Waals surface area contributed by atoms with Crippen LogP contribution in [0.15, 0.2) is 66.9 Å². The number of aromatic nitrogens is 1. The van der Waals surface area contributed by atoms with Gasteiger partial charge in [-0.15, -0.1) is 0 Å². The van der Waals surface area contributed by atoms with E-state index in [9.17, 15) is 22.8 Å². The Morgan fingerprint density at radius 3 is 2.41 bits per heavy atom. The molecule has 0 unspecified atom stereocenters. The molecule has 0 saturated heterocycles. The number of anilines is 2. The number of halogens is 4. The number of rotatable bonds is 4. The third-order valence-corrected chi connectivity index (χ3v) is 4.86. The highest BCUT2D eigenvalue weighted by Gasteiger charge is 2.20. The Bertz CT molecular complexity index is 1380. The molecular weight excluding hydrogens is 443 g/mol. The minimum absolute atomic E-state index is 0.131. The zero-order valence-electron chi connectivity index (χ0n) is 16.1. The molecule has 0 bridgehead atoms. The molecule has 4 aromatic rings. The number of hydrogen-bond acceptors (Lipinski definition) is 3. The van der Waals surface area contributed by atoms with Crippen LogP contribution in [0.3, 0.4) is 0 Å². The van der Waals surface area contributed by atoms with Gasteiger partial charge in [-0.3, -0.25) is 9.78 Å². The molecule has 2 N–H and O–H groups in total. The summed E-state index contributed by atoms with van der Waals surface area (Å²) < 4.78 is 41.8. The monoisotopic (exact) mass is 455 g/mol. The lowest BCUT2D eigenvalue weighted by molar-refractivity contribution is 0.103. The summed E-state index contributed by atoms with van der Waals surface area (Å²) in [7, 11) is 0. The topological polar surface area (TPSA) is 71.1 Å². The Hall–Kier alpha value is -3.91. The van der Waals surface area contributed by atoms with Gasteiger partial charge in [0.2, 0.25) is 0 Å². The Labute approximate surface area is 184 Å². The molecule has 4 rings (SSSR count). The summed E-state index contributed by atoms with van der Waals surface area (Å²) >= 11 is 5.67. The Morgan fingerprint density at radius 2 is 1.62 bits per heavy atom.